The van der Waals surface area contributed by atoms with Crippen LogP contribution in [0, 0.1) is 0 Å². The number of carbonyl (C=O) groups is 1. The highest BCUT2D eigenvalue weighted by Crippen LogP contribution is 2.38. The zero-order valence-corrected chi connectivity index (χ0v) is 31.6. The van der Waals surface area contributed by atoms with E-state index in [-0.39, 0.29) is 32.2 Å². The number of hydrogen-bond acceptors (Lipinski definition) is 7. The van der Waals surface area contributed by atoms with Gasteiger partial charge in [0, 0.05) is 13.0 Å². The molecular weight excluding hydrogens is 613 g/mol. The molecule has 0 aromatic heterocycles. The summed E-state index contributed by atoms with van der Waals surface area (Å²) in [6.45, 7) is 5.18. The van der Waals surface area contributed by atoms with Crippen molar-refractivity contribution >= 4 is 13.8 Å². The van der Waals surface area contributed by atoms with Gasteiger partial charge >= 0.3 is 5.97 Å². The minimum absolute atomic E-state index is 0.0173. The molecule has 0 aromatic carbocycles. The second-order valence-electron chi connectivity index (χ2n) is 13.2. The molecule has 0 radical (unpaired) electrons. The minimum Gasteiger partial charge on any atom is -0.756 e. The van der Waals surface area contributed by atoms with E-state index in [0.29, 0.717) is 24.1 Å². The van der Waals surface area contributed by atoms with Crippen molar-refractivity contribution in [1.29, 1.82) is 0 Å². The smallest absolute Gasteiger partial charge is 0.306 e. The van der Waals surface area contributed by atoms with E-state index < -0.39 is 13.9 Å². The Balaban J connectivity index is 4.40. The van der Waals surface area contributed by atoms with E-state index in [1.807, 2.05) is 21.1 Å². The van der Waals surface area contributed by atoms with Crippen LogP contribution in [0.5, 0.6) is 0 Å². The molecule has 0 amide bonds. The number of likely N-dealkylation sites (N-methyl/N-ethyl adjacent to an activating group) is 1. The lowest BCUT2D eigenvalue weighted by atomic mass is 10.1. The fourth-order valence-electron chi connectivity index (χ4n) is 4.48. The van der Waals surface area contributed by atoms with E-state index in [0.717, 1.165) is 57.8 Å². The molecule has 47 heavy (non-hydrogen) atoms. The van der Waals surface area contributed by atoms with Crippen molar-refractivity contribution in [2.45, 2.75) is 136 Å². The van der Waals surface area contributed by atoms with Gasteiger partial charge in [0.2, 0.25) is 0 Å². The molecule has 274 valence electrons. The summed E-state index contributed by atoms with van der Waals surface area (Å²) >= 11 is 0. The van der Waals surface area contributed by atoms with Crippen LogP contribution in [0.15, 0.2) is 48.6 Å². The van der Waals surface area contributed by atoms with Gasteiger partial charge in [-0.2, -0.15) is 0 Å². The summed E-state index contributed by atoms with van der Waals surface area (Å²) in [6.07, 6.45) is 35.5. The average Bonchev–Trinajstić information content (AvgIpc) is 3.01. The van der Waals surface area contributed by atoms with Gasteiger partial charge < -0.3 is 27.9 Å². The maximum absolute atomic E-state index is 12.6. The van der Waals surface area contributed by atoms with Crippen LogP contribution in [-0.2, 0) is 27.9 Å². The van der Waals surface area contributed by atoms with Crippen LogP contribution in [0.4, 0.5) is 0 Å². The summed E-state index contributed by atoms with van der Waals surface area (Å²) < 4.78 is 34.3. The molecule has 0 aliphatic carbocycles. The topological polar surface area (TPSA) is 94.1 Å². The van der Waals surface area contributed by atoms with Crippen molar-refractivity contribution in [3.63, 3.8) is 0 Å². The number of unbranched alkanes of at least 4 members (excludes halogenated alkanes) is 11. The number of nitrogens with zero attached hydrogens (tertiary/aromatic N) is 1. The summed E-state index contributed by atoms with van der Waals surface area (Å²) in [7, 11) is 1.32. The lowest BCUT2D eigenvalue weighted by molar-refractivity contribution is -0.870. The molecule has 0 aliphatic heterocycles. The summed E-state index contributed by atoms with van der Waals surface area (Å²) in [4.78, 5) is 24.9. The Morgan fingerprint density at radius 3 is 1.87 bits per heavy atom. The van der Waals surface area contributed by atoms with Crippen LogP contribution in [0.3, 0.4) is 0 Å². The first-order valence-electron chi connectivity index (χ1n) is 18.4. The molecule has 0 saturated carbocycles. The number of esters is 1. The summed E-state index contributed by atoms with van der Waals surface area (Å²) in [5.74, 6) is -0.369. The van der Waals surface area contributed by atoms with E-state index in [1.165, 1.54) is 44.9 Å². The van der Waals surface area contributed by atoms with Crippen LogP contribution < -0.4 is 4.89 Å². The van der Waals surface area contributed by atoms with Gasteiger partial charge in [-0.25, -0.2) is 0 Å². The van der Waals surface area contributed by atoms with E-state index in [2.05, 4.69) is 62.5 Å². The lowest BCUT2D eigenvalue weighted by Crippen LogP contribution is -2.37. The number of rotatable bonds is 33. The Morgan fingerprint density at radius 2 is 1.23 bits per heavy atom. The van der Waals surface area contributed by atoms with Crippen LogP contribution >= 0.6 is 7.82 Å². The van der Waals surface area contributed by atoms with Crippen LogP contribution in [-0.4, -0.2) is 70.7 Å². The van der Waals surface area contributed by atoms with E-state index >= 15 is 0 Å². The van der Waals surface area contributed by atoms with Gasteiger partial charge in [-0.1, -0.05) is 107 Å². The zero-order valence-electron chi connectivity index (χ0n) is 30.7. The summed E-state index contributed by atoms with van der Waals surface area (Å²) in [5, 5.41) is 0. The van der Waals surface area contributed by atoms with Crippen molar-refractivity contribution in [2.75, 3.05) is 54.1 Å². The molecule has 0 bridgehead atoms. The average molecular weight is 684 g/mol. The predicted octanol–water partition coefficient (Wildman–Crippen LogP) is 9.41. The van der Waals surface area contributed by atoms with Gasteiger partial charge in [0.25, 0.3) is 7.82 Å². The molecule has 2 unspecified atom stereocenters. The number of ether oxygens (including phenoxy) is 2. The Bertz CT molecular complexity index is 895. The first-order chi connectivity index (χ1) is 22.6. The Morgan fingerprint density at radius 1 is 0.681 bits per heavy atom. The highest BCUT2D eigenvalue weighted by Gasteiger charge is 2.20. The maximum Gasteiger partial charge on any atom is 0.306 e. The van der Waals surface area contributed by atoms with Crippen molar-refractivity contribution in [3.8, 4) is 0 Å². The van der Waals surface area contributed by atoms with Crippen LogP contribution in [0.1, 0.15) is 129 Å². The molecule has 0 aromatic rings. The lowest BCUT2D eigenvalue weighted by Gasteiger charge is -2.28. The highest BCUT2D eigenvalue weighted by molar-refractivity contribution is 7.45. The quantitative estimate of drug-likeness (QED) is 0.0224. The second-order valence-corrected chi connectivity index (χ2v) is 14.6. The third-order valence-corrected chi connectivity index (χ3v) is 8.33. The maximum atomic E-state index is 12.6. The van der Waals surface area contributed by atoms with Gasteiger partial charge in [0.05, 0.1) is 34.4 Å². The molecule has 0 N–H and O–H groups in total. The molecule has 0 spiro atoms. The molecule has 0 aliphatic rings. The third-order valence-electron chi connectivity index (χ3n) is 7.36. The first-order valence-corrected chi connectivity index (χ1v) is 19.8. The van der Waals surface area contributed by atoms with Crippen LogP contribution in [0.2, 0.25) is 0 Å². The van der Waals surface area contributed by atoms with Gasteiger partial charge in [0.15, 0.2) is 0 Å². The molecule has 0 saturated heterocycles. The molecule has 8 nitrogen and oxygen atoms in total. The molecule has 2 atom stereocenters. The third kappa shape index (κ3) is 35.6. The molecule has 9 heteroatoms. The fourth-order valence-corrected chi connectivity index (χ4v) is 5.21. The largest absolute Gasteiger partial charge is 0.756 e. The van der Waals surface area contributed by atoms with Gasteiger partial charge in [-0.05, 0) is 64.2 Å². The first kappa shape index (κ1) is 45.5. The van der Waals surface area contributed by atoms with Gasteiger partial charge in [-0.3, -0.25) is 9.36 Å². The molecule has 0 rings (SSSR count). The minimum atomic E-state index is -4.52. The number of quaternary nitrogens is 1. The standard InChI is InChI=1S/C38H70NO7P/c1-6-8-10-12-14-16-18-20-21-23-25-27-29-31-38(40)46-37(36-45-47(41,42)44-34-32-39(3,4)5)35-43-33-30-28-26-24-22-19-17-15-13-11-9-7-2/h8,10,13-16,20-21,37H,6-7,9,11-12,17-19,22-36H2,1-5H3/b10-8-,15-13-,16-14-,21-20-. The summed E-state index contributed by atoms with van der Waals surface area (Å²) in [5.41, 5.74) is 0. The van der Waals surface area contributed by atoms with E-state index in [1.54, 1.807) is 0 Å². The van der Waals surface area contributed by atoms with Gasteiger partial charge in [-0.15, -0.1) is 0 Å². The zero-order chi connectivity index (χ0) is 34.9. The number of allylic oxidation sites excluding steroid dienone is 8. The SMILES string of the molecule is CC/C=C\C/C=C\C/C=C\CCCCCC(=O)OC(COCCCCCCCC/C=C\CCCC)COP(=O)([O-])OCC[N+](C)(C)C. The normalized spacial score (nSPS) is 14.6. The number of carbonyl (C=O) groups excluding carboxylic acids is 1. The van der Waals surface area contributed by atoms with Crippen LogP contribution in [0.25, 0.3) is 0 Å². The summed E-state index contributed by atoms with van der Waals surface area (Å²) in [6, 6.07) is 0. The highest BCUT2D eigenvalue weighted by atomic mass is 31.2. The second kappa shape index (κ2) is 31.7. The number of phosphoric ester groups is 1. The van der Waals surface area contributed by atoms with Crippen molar-refractivity contribution in [1.82, 2.24) is 0 Å². The van der Waals surface area contributed by atoms with Gasteiger partial charge in [0.1, 0.15) is 19.3 Å². The van der Waals surface area contributed by atoms with Crippen molar-refractivity contribution in [2.24, 2.45) is 0 Å². The van der Waals surface area contributed by atoms with Crippen molar-refractivity contribution < 1.29 is 37.3 Å². The fraction of sp³-hybridized carbons (Fsp3) is 0.763. The predicted molar refractivity (Wildman–Crippen MR) is 194 cm³/mol. The van der Waals surface area contributed by atoms with Crippen molar-refractivity contribution in [3.05, 3.63) is 48.6 Å². The number of phosphoric acid groups is 1. The molecular formula is C38H70NO7P. The molecule has 0 heterocycles. The molecule has 0 fully saturated rings. The van der Waals surface area contributed by atoms with E-state index in [9.17, 15) is 14.3 Å². The Kier molecular flexibility index (Phi) is 30.7. The number of hydrogen-bond donors (Lipinski definition) is 0. The monoisotopic (exact) mass is 683 g/mol. The Labute approximate surface area is 288 Å². The Hall–Kier alpha value is -1.54. The van der Waals surface area contributed by atoms with E-state index in [4.69, 9.17) is 18.5 Å².